The number of nitrogens with one attached hydrogen (secondary N) is 2. The van der Waals surface area contributed by atoms with Crippen molar-refractivity contribution in [3.05, 3.63) is 54.6 Å². The second-order valence-corrected chi connectivity index (χ2v) is 8.77. The number of rotatable bonds is 5. The molecule has 0 unspecified atom stereocenters. The van der Waals surface area contributed by atoms with Gasteiger partial charge in [-0.1, -0.05) is 0 Å². The number of nitrogens with two attached hydrogens (primary N) is 1. The van der Waals surface area contributed by atoms with E-state index in [2.05, 4.69) is 10.3 Å². The SMILES string of the molecule is Cc1cc(C)c(CNC(=O)c2csc(C[C@H]3CC[C@H](N)CC3)c2C)c(=O)[nH]1. The summed E-state index contributed by atoms with van der Waals surface area (Å²) < 4.78 is 0. The van der Waals surface area contributed by atoms with Gasteiger partial charge in [-0.25, -0.2) is 0 Å². The van der Waals surface area contributed by atoms with Crippen LogP contribution < -0.4 is 16.6 Å². The topological polar surface area (TPSA) is 88.0 Å². The maximum Gasteiger partial charge on any atom is 0.253 e. The highest BCUT2D eigenvalue weighted by Gasteiger charge is 2.22. The summed E-state index contributed by atoms with van der Waals surface area (Å²) in [5.41, 5.74) is 10.0. The second kappa shape index (κ2) is 8.40. The van der Waals surface area contributed by atoms with Crippen molar-refractivity contribution in [2.75, 3.05) is 0 Å². The second-order valence-electron chi connectivity index (χ2n) is 7.81. The molecule has 146 valence electrons. The Kier molecular flexibility index (Phi) is 6.17. The van der Waals surface area contributed by atoms with E-state index in [0.29, 0.717) is 17.5 Å². The standard InChI is InChI=1S/C21H29N3O2S/c1-12-8-13(2)24-21(26)17(12)10-23-20(25)18-11-27-19(14(18)3)9-15-4-6-16(22)7-5-15/h8,11,15-16H,4-7,9-10,22H2,1-3H3,(H,23,25)(H,24,26)/t15-,16-. The first kappa shape index (κ1) is 19.8. The van der Waals surface area contributed by atoms with E-state index < -0.39 is 0 Å². The van der Waals surface area contributed by atoms with Gasteiger partial charge in [-0.15, -0.1) is 11.3 Å². The van der Waals surface area contributed by atoms with Crippen LogP contribution in [0.25, 0.3) is 0 Å². The van der Waals surface area contributed by atoms with Crippen LogP contribution in [0.4, 0.5) is 0 Å². The van der Waals surface area contributed by atoms with Gasteiger partial charge in [-0.2, -0.15) is 0 Å². The summed E-state index contributed by atoms with van der Waals surface area (Å²) in [5.74, 6) is 0.562. The summed E-state index contributed by atoms with van der Waals surface area (Å²) >= 11 is 1.67. The molecule has 0 aromatic carbocycles. The fourth-order valence-electron chi connectivity index (χ4n) is 3.90. The average Bonchev–Trinajstić information content (AvgIpc) is 2.96. The minimum atomic E-state index is -0.133. The molecular formula is C21H29N3O2S. The number of aryl methyl sites for hydroxylation is 2. The highest BCUT2D eigenvalue weighted by Crippen LogP contribution is 2.31. The summed E-state index contributed by atoms with van der Waals surface area (Å²) in [6.45, 7) is 6.02. The minimum absolute atomic E-state index is 0.111. The van der Waals surface area contributed by atoms with Gasteiger partial charge in [0.05, 0.1) is 5.56 Å². The van der Waals surface area contributed by atoms with Crippen molar-refractivity contribution in [2.45, 2.75) is 65.5 Å². The molecule has 1 amide bonds. The van der Waals surface area contributed by atoms with Crippen molar-refractivity contribution >= 4 is 17.2 Å². The van der Waals surface area contributed by atoms with Gasteiger partial charge in [0.1, 0.15) is 0 Å². The third-order valence-electron chi connectivity index (χ3n) is 5.67. The molecular weight excluding hydrogens is 358 g/mol. The molecule has 0 spiro atoms. The van der Waals surface area contributed by atoms with E-state index in [1.807, 2.05) is 32.2 Å². The monoisotopic (exact) mass is 387 g/mol. The van der Waals surface area contributed by atoms with E-state index >= 15 is 0 Å². The first-order chi connectivity index (χ1) is 12.8. The normalized spacial score (nSPS) is 19.9. The Hall–Kier alpha value is -1.92. The lowest BCUT2D eigenvalue weighted by Crippen LogP contribution is -2.28. The van der Waals surface area contributed by atoms with Crippen LogP contribution in [-0.2, 0) is 13.0 Å². The van der Waals surface area contributed by atoms with Crippen molar-refractivity contribution in [1.82, 2.24) is 10.3 Å². The number of aromatic nitrogens is 1. The molecule has 2 heterocycles. The molecule has 1 saturated carbocycles. The lowest BCUT2D eigenvalue weighted by Gasteiger charge is -2.25. The van der Waals surface area contributed by atoms with Gasteiger partial charge in [0.25, 0.3) is 11.5 Å². The number of carbonyl (C=O) groups excluding carboxylic acids is 1. The van der Waals surface area contributed by atoms with Gasteiger partial charge >= 0.3 is 0 Å². The lowest BCUT2D eigenvalue weighted by atomic mass is 9.83. The van der Waals surface area contributed by atoms with Gasteiger partial charge in [-0.3, -0.25) is 9.59 Å². The Labute approximate surface area is 164 Å². The van der Waals surface area contributed by atoms with Gasteiger partial charge in [-0.05, 0) is 76.0 Å². The summed E-state index contributed by atoms with van der Waals surface area (Å²) in [5, 5.41) is 4.86. The number of pyridine rings is 1. The molecule has 0 atom stereocenters. The summed E-state index contributed by atoms with van der Waals surface area (Å²) in [6.07, 6.45) is 5.60. The number of H-pyrrole nitrogens is 1. The number of amides is 1. The third-order valence-corrected chi connectivity index (χ3v) is 6.78. The van der Waals surface area contributed by atoms with Crippen molar-refractivity contribution in [2.24, 2.45) is 11.7 Å². The quantitative estimate of drug-likeness (QED) is 0.735. The van der Waals surface area contributed by atoms with E-state index in [1.54, 1.807) is 11.3 Å². The first-order valence-electron chi connectivity index (χ1n) is 9.65. The fraction of sp³-hybridized carbons (Fsp3) is 0.524. The summed E-state index contributed by atoms with van der Waals surface area (Å²) in [4.78, 5) is 28.8. The maximum absolute atomic E-state index is 12.6. The smallest absolute Gasteiger partial charge is 0.253 e. The van der Waals surface area contributed by atoms with Crippen LogP contribution in [0, 0.1) is 26.7 Å². The zero-order chi connectivity index (χ0) is 19.6. The van der Waals surface area contributed by atoms with Gasteiger partial charge < -0.3 is 16.0 Å². The van der Waals surface area contributed by atoms with Gasteiger partial charge in [0.2, 0.25) is 0 Å². The molecule has 2 aromatic rings. The van der Waals surface area contributed by atoms with Gasteiger partial charge in [0, 0.05) is 34.1 Å². The number of carbonyl (C=O) groups is 1. The maximum atomic E-state index is 12.6. The molecule has 4 N–H and O–H groups in total. The predicted octanol–water partition coefficient (Wildman–Crippen LogP) is 3.35. The van der Waals surface area contributed by atoms with Crippen molar-refractivity contribution in [1.29, 1.82) is 0 Å². The minimum Gasteiger partial charge on any atom is -0.348 e. The van der Waals surface area contributed by atoms with E-state index in [0.717, 1.165) is 41.6 Å². The molecule has 0 aliphatic heterocycles. The third kappa shape index (κ3) is 4.68. The molecule has 0 saturated heterocycles. The zero-order valence-corrected chi connectivity index (χ0v) is 17.2. The molecule has 1 aliphatic rings. The molecule has 27 heavy (non-hydrogen) atoms. The van der Waals surface area contributed by atoms with Crippen LogP contribution in [0.1, 0.15) is 63.3 Å². The Morgan fingerprint density at radius 2 is 1.96 bits per heavy atom. The van der Waals surface area contributed by atoms with E-state index in [9.17, 15) is 9.59 Å². The van der Waals surface area contributed by atoms with Crippen molar-refractivity contribution in [3.63, 3.8) is 0 Å². The molecule has 0 radical (unpaired) electrons. The fourth-order valence-corrected chi connectivity index (χ4v) is 5.06. The number of hydrogen-bond donors (Lipinski definition) is 3. The lowest BCUT2D eigenvalue weighted by molar-refractivity contribution is 0.0950. The molecule has 1 aliphatic carbocycles. The highest BCUT2D eigenvalue weighted by atomic mass is 32.1. The van der Waals surface area contributed by atoms with Crippen LogP contribution in [0.2, 0.25) is 0 Å². The highest BCUT2D eigenvalue weighted by molar-refractivity contribution is 7.10. The largest absolute Gasteiger partial charge is 0.348 e. The van der Waals surface area contributed by atoms with E-state index in [4.69, 9.17) is 5.73 Å². The number of thiophene rings is 1. The Balaban J connectivity index is 1.64. The Morgan fingerprint density at radius 1 is 1.26 bits per heavy atom. The molecule has 5 nitrogen and oxygen atoms in total. The van der Waals surface area contributed by atoms with E-state index in [-0.39, 0.29) is 18.0 Å². The molecule has 0 bridgehead atoms. The Bertz CT molecular complexity index is 876. The van der Waals surface area contributed by atoms with Gasteiger partial charge in [0.15, 0.2) is 0 Å². The average molecular weight is 388 g/mol. The van der Waals surface area contributed by atoms with Crippen LogP contribution in [0.5, 0.6) is 0 Å². The van der Waals surface area contributed by atoms with Crippen LogP contribution in [0.3, 0.4) is 0 Å². The van der Waals surface area contributed by atoms with Crippen LogP contribution in [0.15, 0.2) is 16.2 Å². The first-order valence-corrected chi connectivity index (χ1v) is 10.5. The molecule has 2 aromatic heterocycles. The molecule has 1 fully saturated rings. The molecule has 6 heteroatoms. The Morgan fingerprint density at radius 3 is 2.63 bits per heavy atom. The van der Waals surface area contributed by atoms with E-state index in [1.165, 1.54) is 17.7 Å². The summed E-state index contributed by atoms with van der Waals surface area (Å²) in [7, 11) is 0. The number of aromatic amines is 1. The van der Waals surface area contributed by atoms with Crippen molar-refractivity contribution in [3.8, 4) is 0 Å². The zero-order valence-electron chi connectivity index (χ0n) is 16.4. The molecule has 3 rings (SSSR count). The number of hydrogen-bond acceptors (Lipinski definition) is 4. The van der Waals surface area contributed by atoms with Crippen molar-refractivity contribution < 1.29 is 4.79 Å². The van der Waals surface area contributed by atoms with Crippen LogP contribution >= 0.6 is 11.3 Å². The van der Waals surface area contributed by atoms with Crippen LogP contribution in [-0.4, -0.2) is 16.9 Å². The predicted molar refractivity (Wildman–Crippen MR) is 110 cm³/mol. The summed E-state index contributed by atoms with van der Waals surface area (Å²) in [6, 6.07) is 2.29.